The lowest BCUT2D eigenvalue weighted by molar-refractivity contribution is -0.305. The third-order valence-electron chi connectivity index (χ3n) is 3.23. The van der Waals surface area contributed by atoms with Crippen LogP contribution < -0.4 is 10.4 Å². The summed E-state index contributed by atoms with van der Waals surface area (Å²) >= 11 is 0. The topological polar surface area (TPSA) is 69.2 Å². The second-order valence-electron chi connectivity index (χ2n) is 4.57. The van der Waals surface area contributed by atoms with Crippen molar-refractivity contribution in [3.63, 3.8) is 0 Å². The Hall–Kier alpha value is -1.84. The molecule has 2 rings (SSSR count). The number of nitrogens with one attached hydrogen (secondary N) is 1. The van der Waals surface area contributed by atoms with Crippen LogP contribution in [0.4, 0.5) is 5.69 Å². The second kappa shape index (κ2) is 5.67. The van der Waals surface area contributed by atoms with Gasteiger partial charge in [0.1, 0.15) is 0 Å². The molecule has 0 heterocycles. The van der Waals surface area contributed by atoms with Gasteiger partial charge in [-0.25, -0.2) is 0 Å². The monoisotopic (exact) mass is 246 g/mol. The predicted octanol–water partition coefficient (Wildman–Crippen LogP) is 1.03. The number of benzene rings is 1. The highest BCUT2D eigenvalue weighted by Gasteiger charge is 2.14. The van der Waals surface area contributed by atoms with Crippen molar-refractivity contribution in [2.24, 2.45) is 0 Å². The first-order valence-corrected chi connectivity index (χ1v) is 6.27. The Bertz CT molecular complexity index is 468. The standard InChI is InChI=1S/C14H17NO3/c16-13(8-9-14(17)18)15-12-7-3-5-10-4-1-2-6-11(10)12/h3,5,7H,1-2,4,6,8-9H2,(H,15,16)(H,17,18)/p-1. The van der Waals surface area contributed by atoms with Gasteiger partial charge in [0.15, 0.2) is 0 Å². The van der Waals surface area contributed by atoms with Crippen molar-refractivity contribution in [3.05, 3.63) is 29.3 Å². The van der Waals surface area contributed by atoms with E-state index in [9.17, 15) is 14.7 Å². The summed E-state index contributed by atoms with van der Waals surface area (Å²) in [6.07, 6.45) is 4.09. The third-order valence-corrected chi connectivity index (χ3v) is 3.23. The lowest BCUT2D eigenvalue weighted by atomic mass is 9.90. The van der Waals surface area contributed by atoms with Gasteiger partial charge >= 0.3 is 0 Å². The lowest BCUT2D eigenvalue weighted by Gasteiger charge is -2.19. The summed E-state index contributed by atoms with van der Waals surface area (Å²) < 4.78 is 0. The van der Waals surface area contributed by atoms with Gasteiger partial charge in [0.25, 0.3) is 0 Å². The van der Waals surface area contributed by atoms with E-state index < -0.39 is 5.97 Å². The zero-order chi connectivity index (χ0) is 13.0. The third kappa shape index (κ3) is 3.09. The second-order valence-corrected chi connectivity index (χ2v) is 4.57. The number of amides is 1. The van der Waals surface area contributed by atoms with Crippen LogP contribution in [-0.4, -0.2) is 11.9 Å². The smallest absolute Gasteiger partial charge is 0.224 e. The van der Waals surface area contributed by atoms with Crippen LogP contribution in [0.15, 0.2) is 18.2 Å². The van der Waals surface area contributed by atoms with Crippen molar-refractivity contribution in [2.75, 3.05) is 5.32 Å². The number of hydrogen-bond donors (Lipinski definition) is 1. The number of rotatable bonds is 4. The van der Waals surface area contributed by atoms with Crippen LogP contribution in [0.3, 0.4) is 0 Å². The van der Waals surface area contributed by atoms with Crippen LogP contribution in [0.1, 0.15) is 36.8 Å². The molecule has 1 amide bonds. The highest BCUT2D eigenvalue weighted by Crippen LogP contribution is 2.27. The molecule has 1 aliphatic carbocycles. The van der Waals surface area contributed by atoms with Crippen molar-refractivity contribution in [1.29, 1.82) is 0 Å². The zero-order valence-corrected chi connectivity index (χ0v) is 10.2. The van der Waals surface area contributed by atoms with Crippen molar-refractivity contribution in [1.82, 2.24) is 0 Å². The Balaban J connectivity index is 2.05. The van der Waals surface area contributed by atoms with E-state index in [1.807, 2.05) is 12.1 Å². The minimum atomic E-state index is -1.19. The molecule has 1 aromatic rings. The number of aliphatic carboxylic acids is 1. The van der Waals surface area contributed by atoms with Gasteiger partial charge in [-0.05, 0) is 49.3 Å². The average molecular weight is 246 g/mol. The molecule has 0 radical (unpaired) electrons. The normalized spacial score (nSPS) is 13.8. The molecule has 0 spiro atoms. The summed E-state index contributed by atoms with van der Waals surface area (Å²) in [5, 5.41) is 13.1. The highest BCUT2D eigenvalue weighted by molar-refractivity contribution is 5.93. The number of carboxylic acid groups (broad SMARTS) is 1. The van der Waals surface area contributed by atoms with E-state index in [1.54, 1.807) is 0 Å². The quantitative estimate of drug-likeness (QED) is 0.862. The molecular formula is C14H16NO3-. The van der Waals surface area contributed by atoms with E-state index in [1.165, 1.54) is 17.5 Å². The van der Waals surface area contributed by atoms with Gasteiger partial charge in [-0.15, -0.1) is 0 Å². The summed E-state index contributed by atoms with van der Waals surface area (Å²) in [5.41, 5.74) is 3.32. The van der Waals surface area contributed by atoms with Gasteiger partial charge in [-0.1, -0.05) is 12.1 Å². The Morgan fingerprint density at radius 3 is 2.72 bits per heavy atom. The molecule has 96 valence electrons. The van der Waals surface area contributed by atoms with Gasteiger partial charge in [0, 0.05) is 18.1 Å². The summed E-state index contributed by atoms with van der Waals surface area (Å²) in [6, 6.07) is 5.89. The van der Waals surface area contributed by atoms with Crippen molar-refractivity contribution in [2.45, 2.75) is 38.5 Å². The Morgan fingerprint density at radius 1 is 1.17 bits per heavy atom. The maximum atomic E-state index is 11.6. The Labute approximate surface area is 106 Å². The first kappa shape index (κ1) is 12.6. The van der Waals surface area contributed by atoms with Gasteiger partial charge in [-0.3, -0.25) is 4.79 Å². The highest BCUT2D eigenvalue weighted by atomic mass is 16.4. The van der Waals surface area contributed by atoms with Crippen LogP contribution in [-0.2, 0) is 22.4 Å². The molecule has 0 aromatic heterocycles. The van der Waals surface area contributed by atoms with Crippen LogP contribution in [0.5, 0.6) is 0 Å². The molecule has 4 nitrogen and oxygen atoms in total. The fraction of sp³-hybridized carbons (Fsp3) is 0.429. The summed E-state index contributed by atoms with van der Waals surface area (Å²) in [5.74, 6) is -1.46. The van der Waals surface area contributed by atoms with Crippen LogP contribution in [0.25, 0.3) is 0 Å². The van der Waals surface area contributed by atoms with Crippen LogP contribution >= 0.6 is 0 Å². The molecule has 0 aliphatic heterocycles. The molecule has 0 atom stereocenters. The molecule has 0 bridgehead atoms. The predicted molar refractivity (Wildman–Crippen MR) is 66.0 cm³/mol. The number of aryl methyl sites for hydroxylation is 1. The first-order chi connectivity index (χ1) is 8.66. The fourth-order valence-corrected chi connectivity index (χ4v) is 2.33. The molecule has 0 saturated heterocycles. The van der Waals surface area contributed by atoms with Gasteiger partial charge < -0.3 is 15.2 Å². The molecule has 4 heteroatoms. The molecule has 0 fully saturated rings. The van der Waals surface area contributed by atoms with E-state index in [2.05, 4.69) is 11.4 Å². The van der Waals surface area contributed by atoms with Gasteiger partial charge in [0.05, 0.1) is 0 Å². The summed E-state index contributed by atoms with van der Waals surface area (Å²) in [7, 11) is 0. The average Bonchev–Trinajstić information content (AvgIpc) is 2.37. The molecule has 1 aliphatic rings. The van der Waals surface area contributed by atoms with E-state index >= 15 is 0 Å². The SMILES string of the molecule is O=C([O-])CCC(=O)Nc1cccc2c1CCCC2. The van der Waals surface area contributed by atoms with E-state index in [-0.39, 0.29) is 18.7 Å². The van der Waals surface area contributed by atoms with Gasteiger partial charge in [-0.2, -0.15) is 0 Å². The maximum Gasteiger partial charge on any atom is 0.224 e. The number of carbonyl (C=O) groups is 2. The van der Waals surface area contributed by atoms with Crippen LogP contribution in [0, 0.1) is 0 Å². The molecule has 0 saturated carbocycles. The number of fused-ring (bicyclic) bond motifs is 1. The van der Waals surface area contributed by atoms with E-state index in [0.29, 0.717) is 0 Å². The molecule has 18 heavy (non-hydrogen) atoms. The van der Waals surface area contributed by atoms with E-state index in [0.717, 1.165) is 24.9 Å². The fourth-order valence-electron chi connectivity index (χ4n) is 2.33. The molecular weight excluding hydrogens is 230 g/mol. The number of carbonyl (C=O) groups excluding carboxylic acids is 2. The minimum absolute atomic E-state index is 0.0357. The van der Waals surface area contributed by atoms with Gasteiger partial charge in [0.2, 0.25) is 5.91 Å². The number of carboxylic acids is 1. The lowest BCUT2D eigenvalue weighted by Crippen LogP contribution is -2.24. The molecule has 1 N–H and O–H groups in total. The van der Waals surface area contributed by atoms with Crippen LogP contribution in [0.2, 0.25) is 0 Å². The molecule has 0 unspecified atom stereocenters. The summed E-state index contributed by atoms with van der Waals surface area (Å²) in [6.45, 7) is 0. The maximum absolute atomic E-state index is 11.6. The zero-order valence-electron chi connectivity index (χ0n) is 10.2. The summed E-state index contributed by atoms with van der Waals surface area (Å²) in [4.78, 5) is 21.9. The van der Waals surface area contributed by atoms with Crippen molar-refractivity contribution < 1.29 is 14.7 Å². The first-order valence-electron chi connectivity index (χ1n) is 6.27. The largest absolute Gasteiger partial charge is 0.550 e. The Kier molecular flexibility index (Phi) is 3.97. The van der Waals surface area contributed by atoms with Crippen molar-refractivity contribution >= 4 is 17.6 Å². The number of anilines is 1. The van der Waals surface area contributed by atoms with E-state index in [4.69, 9.17) is 0 Å². The number of hydrogen-bond acceptors (Lipinski definition) is 3. The molecule has 1 aromatic carbocycles. The van der Waals surface area contributed by atoms with Crippen molar-refractivity contribution in [3.8, 4) is 0 Å². The minimum Gasteiger partial charge on any atom is -0.550 e. The Morgan fingerprint density at radius 2 is 1.94 bits per heavy atom.